The highest BCUT2D eigenvalue weighted by Crippen LogP contribution is 2.29. The second-order valence-electron chi connectivity index (χ2n) is 3.56. The molecule has 0 amide bonds. The SMILES string of the molecule is CC(C)B1Nc2ccccc2N1. The van der Waals surface area contributed by atoms with E-state index in [1.54, 1.807) is 0 Å². The minimum atomic E-state index is 0.391. The van der Waals surface area contributed by atoms with Gasteiger partial charge in [0, 0.05) is 11.4 Å². The van der Waals surface area contributed by atoms with Gasteiger partial charge in [0.2, 0.25) is 0 Å². The number of rotatable bonds is 1. The van der Waals surface area contributed by atoms with Crippen LogP contribution in [0.1, 0.15) is 13.8 Å². The van der Waals surface area contributed by atoms with Crippen LogP contribution in [0.2, 0.25) is 5.82 Å². The van der Waals surface area contributed by atoms with Crippen LogP contribution in [0.5, 0.6) is 0 Å². The van der Waals surface area contributed by atoms with E-state index in [9.17, 15) is 0 Å². The number of benzene rings is 1. The third kappa shape index (κ3) is 1.15. The fourth-order valence-corrected chi connectivity index (χ4v) is 1.44. The van der Waals surface area contributed by atoms with Crippen molar-refractivity contribution in [3.05, 3.63) is 24.3 Å². The quantitative estimate of drug-likeness (QED) is 0.616. The van der Waals surface area contributed by atoms with E-state index in [1.807, 2.05) is 0 Å². The summed E-state index contributed by atoms with van der Waals surface area (Å²) in [6, 6.07) is 8.31. The summed E-state index contributed by atoms with van der Waals surface area (Å²) in [5.74, 6) is 0.609. The van der Waals surface area contributed by atoms with E-state index in [1.165, 1.54) is 11.4 Å². The van der Waals surface area contributed by atoms with Crippen molar-refractivity contribution in [1.82, 2.24) is 0 Å². The lowest BCUT2D eigenvalue weighted by molar-refractivity contribution is 1.04. The maximum Gasteiger partial charge on any atom is 0.373 e. The van der Waals surface area contributed by atoms with Crippen LogP contribution in [0.25, 0.3) is 0 Å². The molecule has 2 rings (SSSR count). The Morgan fingerprint density at radius 1 is 1.08 bits per heavy atom. The summed E-state index contributed by atoms with van der Waals surface area (Å²) in [6.07, 6.45) is 0. The molecule has 0 atom stereocenters. The van der Waals surface area contributed by atoms with Gasteiger partial charge in [0.05, 0.1) is 0 Å². The highest BCUT2D eigenvalue weighted by atomic mass is 15.0. The van der Waals surface area contributed by atoms with E-state index in [0.717, 1.165) is 0 Å². The van der Waals surface area contributed by atoms with E-state index >= 15 is 0 Å². The normalized spacial score (nSPS) is 14.1. The van der Waals surface area contributed by atoms with Crippen molar-refractivity contribution in [2.45, 2.75) is 19.7 Å². The Labute approximate surface area is 73.5 Å². The Kier molecular flexibility index (Phi) is 1.72. The van der Waals surface area contributed by atoms with Crippen LogP contribution in [0.15, 0.2) is 24.3 Å². The van der Waals surface area contributed by atoms with Gasteiger partial charge in [-0.3, -0.25) is 0 Å². The predicted molar refractivity (Wildman–Crippen MR) is 54.5 cm³/mol. The zero-order chi connectivity index (χ0) is 8.55. The van der Waals surface area contributed by atoms with E-state index in [2.05, 4.69) is 48.6 Å². The van der Waals surface area contributed by atoms with Crippen molar-refractivity contribution < 1.29 is 0 Å². The molecule has 1 heterocycles. The zero-order valence-electron chi connectivity index (χ0n) is 7.46. The average Bonchev–Trinajstić information content (AvgIpc) is 2.46. The van der Waals surface area contributed by atoms with Crippen molar-refractivity contribution in [3.8, 4) is 0 Å². The molecule has 1 aromatic rings. The van der Waals surface area contributed by atoms with Crippen molar-refractivity contribution in [2.24, 2.45) is 0 Å². The molecule has 0 saturated heterocycles. The Morgan fingerprint density at radius 2 is 1.58 bits per heavy atom. The Balaban J connectivity index is 2.22. The molecule has 0 spiro atoms. The van der Waals surface area contributed by atoms with Gasteiger partial charge < -0.3 is 10.5 Å². The van der Waals surface area contributed by atoms with Crippen LogP contribution in [0.4, 0.5) is 11.4 Å². The van der Waals surface area contributed by atoms with Crippen molar-refractivity contribution in [1.29, 1.82) is 0 Å². The first kappa shape index (κ1) is 7.53. The third-order valence-corrected chi connectivity index (χ3v) is 2.22. The van der Waals surface area contributed by atoms with Gasteiger partial charge in [-0.2, -0.15) is 0 Å². The second-order valence-corrected chi connectivity index (χ2v) is 3.56. The maximum atomic E-state index is 3.42. The topological polar surface area (TPSA) is 24.1 Å². The van der Waals surface area contributed by atoms with Crippen LogP contribution in [0, 0.1) is 0 Å². The standard InChI is InChI=1S/C9H13BN2/c1-7(2)10-11-8-5-3-4-6-9(8)12-10/h3-7,11-12H,1-2H3. The number of hydrogen-bond donors (Lipinski definition) is 2. The van der Waals surface area contributed by atoms with E-state index in [-0.39, 0.29) is 0 Å². The molecular weight excluding hydrogens is 147 g/mol. The Hall–Kier alpha value is -1.12. The summed E-state index contributed by atoms with van der Waals surface area (Å²) in [4.78, 5) is 0. The van der Waals surface area contributed by atoms with Crippen LogP contribution in [-0.2, 0) is 0 Å². The monoisotopic (exact) mass is 160 g/mol. The van der Waals surface area contributed by atoms with Gasteiger partial charge in [-0.1, -0.05) is 26.0 Å². The van der Waals surface area contributed by atoms with Crippen LogP contribution >= 0.6 is 0 Å². The molecule has 0 aliphatic carbocycles. The lowest BCUT2D eigenvalue weighted by Gasteiger charge is -2.09. The molecule has 0 radical (unpaired) electrons. The first-order chi connectivity index (χ1) is 5.77. The Morgan fingerprint density at radius 3 is 2.00 bits per heavy atom. The van der Waals surface area contributed by atoms with Gasteiger partial charge in [0.15, 0.2) is 0 Å². The molecule has 1 aromatic carbocycles. The van der Waals surface area contributed by atoms with Crippen molar-refractivity contribution in [3.63, 3.8) is 0 Å². The summed E-state index contributed by atoms with van der Waals surface area (Å²) in [5.41, 5.74) is 2.44. The molecule has 0 aromatic heterocycles. The largest absolute Gasteiger partial charge is 0.408 e. The number of para-hydroxylation sites is 2. The number of fused-ring (bicyclic) bond motifs is 1. The smallest absolute Gasteiger partial charge is 0.373 e. The maximum absolute atomic E-state index is 3.42. The minimum absolute atomic E-state index is 0.391. The first-order valence-electron chi connectivity index (χ1n) is 4.39. The third-order valence-electron chi connectivity index (χ3n) is 2.22. The number of anilines is 2. The van der Waals surface area contributed by atoms with Gasteiger partial charge in [-0.15, -0.1) is 0 Å². The van der Waals surface area contributed by atoms with Gasteiger partial charge >= 0.3 is 6.98 Å². The molecule has 62 valence electrons. The van der Waals surface area contributed by atoms with Gasteiger partial charge in [0.1, 0.15) is 0 Å². The summed E-state index contributed by atoms with van der Waals surface area (Å²) in [7, 11) is 0. The molecule has 0 saturated carbocycles. The summed E-state index contributed by atoms with van der Waals surface area (Å²) < 4.78 is 0. The molecule has 12 heavy (non-hydrogen) atoms. The molecule has 3 heteroatoms. The van der Waals surface area contributed by atoms with Crippen LogP contribution < -0.4 is 10.5 Å². The molecule has 0 unspecified atom stereocenters. The summed E-state index contributed by atoms with van der Waals surface area (Å²) in [6.45, 7) is 4.80. The summed E-state index contributed by atoms with van der Waals surface area (Å²) in [5, 5.41) is 6.85. The fourth-order valence-electron chi connectivity index (χ4n) is 1.44. The lowest BCUT2D eigenvalue weighted by Crippen LogP contribution is -2.31. The average molecular weight is 160 g/mol. The van der Waals surface area contributed by atoms with E-state index < -0.39 is 0 Å². The first-order valence-corrected chi connectivity index (χ1v) is 4.39. The molecule has 0 bridgehead atoms. The molecule has 1 aliphatic rings. The molecule has 0 fully saturated rings. The predicted octanol–water partition coefficient (Wildman–Crippen LogP) is 2.42. The van der Waals surface area contributed by atoms with Crippen LogP contribution in [0.3, 0.4) is 0 Å². The minimum Gasteiger partial charge on any atom is -0.408 e. The van der Waals surface area contributed by atoms with Crippen LogP contribution in [-0.4, -0.2) is 6.98 Å². The van der Waals surface area contributed by atoms with Gasteiger partial charge in [0.25, 0.3) is 0 Å². The molecule has 1 aliphatic heterocycles. The van der Waals surface area contributed by atoms with Crippen molar-refractivity contribution in [2.75, 3.05) is 10.5 Å². The molecule has 2 N–H and O–H groups in total. The molecular formula is C9H13BN2. The van der Waals surface area contributed by atoms with Crippen molar-refractivity contribution >= 4 is 18.4 Å². The zero-order valence-corrected chi connectivity index (χ0v) is 7.46. The summed E-state index contributed by atoms with van der Waals surface area (Å²) >= 11 is 0. The fraction of sp³-hybridized carbons (Fsp3) is 0.333. The highest BCUT2D eigenvalue weighted by Gasteiger charge is 2.26. The highest BCUT2D eigenvalue weighted by molar-refractivity contribution is 6.69. The van der Waals surface area contributed by atoms with E-state index in [0.29, 0.717) is 12.8 Å². The second kappa shape index (κ2) is 2.74. The Bertz CT molecular complexity index is 261. The number of hydrogen-bond acceptors (Lipinski definition) is 2. The molecule has 2 nitrogen and oxygen atoms in total. The number of nitrogens with one attached hydrogen (secondary N) is 2. The van der Waals surface area contributed by atoms with Gasteiger partial charge in [-0.05, 0) is 17.9 Å². The lowest BCUT2D eigenvalue weighted by atomic mass is 9.65. The van der Waals surface area contributed by atoms with Gasteiger partial charge in [-0.25, -0.2) is 0 Å². The van der Waals surface area contributed by atoms with E-state index in [4.69, 9.17) is 0 Å².